The van der Waals surface area contributed by atoms with E-state index < -0.39 is 9.84 Å². The van der Waals surface area contributed by atoms with Crippen LogP contribution in [0, 0.1) is 0 Å². The molecule has 0 fully saturated rings. The van der Waals surface area contributed by atoms with Gasteiger partial charge in [0.05, 0.1) is 23.4 Å². The molecule has 0 aromatic carbocycles. The highest BCUT2D eigenvalue weighted by Gasteiger charge is 2.26. The van der Waals surface area contributed by atoms with Crippen molar-refractivity contribution < 1.29 is 8.42 Å². The molecule has 0 aliphatic rings. The largest absolute Gasteiger partial charge is 0.383 e. The molecule has 2 heterocycles. The molecule has 0 bridgehead atoms. The molecule has 0 radical (unpaired) electrons. The van der Waals surface area contributed by atoms with Crippen molar-refractivity contribution in [1.82, 2.24) is 20.0 Å². The lowest BCUT2D eigenvalue weighted by Gasteiger charge is -2.15. The molecule has 0 atom stereocenters. The van der Waals surface area contributed by atoms with Gasteiger partial charge in [-0.15, -0.1) is 0 Å². The van der Waals surface area contributed by atoms with Gasteiger partial charge in [-0.05, 0) is 0 Å². The maximum atomic E-state index is 11.6. The lowest BCUT2D eigenvalue weighted by molar-refractivity contribution is 0.541. The molecule has 0 saturated carbocycles. The molecule has 7 nitrogen and oxygen atoms in total. The van der Waals surface area contributed by atoms with Crippen molar-refractivity contribution in [2.75, 3.05) is 17.2 Å². The van der Waals surface area contributed by atoms with Crippen LogP contribution in [-0.2, 0) is 21.8 Å². The van der Waals surface area contributed by atoms with Crippen LogP contribution < -0.4 is 5.73 Å². The van der Waals surface area contributed by atoms with E-state index in [0.29, 0.717) is 11.5 Å². The quantitative estimate of drug-likeness (QED) is 0.878. The summed E-state index contributed by atoms with van der Waals surface area (Å²) in [6.07, 6.45) is 0. The van der Waals surface area contributed by atoms with E-state index in [-0.39, 0.29) is 23.5 Å². The Bertz CT molecular complexity index is 721. The molecule has 0 aliphatic heterocycles. The molecule has 0 unspecified atom stereocenters. The van der Waals surface area contributed by atoms with Crippen LogP contribution in [0.5, 0.6) is 0 Å². The first-order chi connectivity index (χ1) is 9.15. The minimum absolute atomic E-state index is 0.0522. The van der Waals surface area contributed by atoms with Crippen LogP contribution in [-0.4, -0.2) is 39.9 Å². The van der Waals surface area contributed by atoms with Crippen molar-refractivity contribution in [2.45, 2.75) is 39.7 Å². The van der Waals surface area contributed by atoms with Crippen molar-refractivity contribution in [3.8, 4) is 0 Å². The Labute approximate surface area is 118 Å². The van der Waals surface area contributed by atoms with Crippen LogP contribution >= 0.6 is 0 Å². The van der Waals surface area contributed by atoms with Gasteiger partial charge in [0.15, 0.2) is 15.5 Å². The maximum Gasteiger partial charge on any atom is 0.182 e. The van der Waals surface area contributed by atoms with Gasteiger partial charge in [-0.3, -0.25) is 5.10 Å². The van der Waals surface area contributed by atoms with Gasteiger partial charge in [0.2, 0.25) is 0 Å². The number of nitrogens with one attached hydrogen (secondary N) is 1. The second kappa shape index (κ2) is 4.76. The highest BCUT2D eigenvalue weighted by atomic mass is 32.2. The lowest BCUT2D eigenvalue weighted by Crippen LogP contribution is -2.17. The number of fused-ring (bicyclic) bond motifs is 1. The van der Waals surface area contributed by atoms with E-state index in [1.165, 1.54) is 0 Å². The normalized spacial score (nSPS) is 13.2. The zero-order valence-electron chi connectivity index (χ0n) is 12.3. The smallest absolute Gasteiger partial charge is 0.182 e. The zero-order chi connectivity index (χ0) is 15.1. The second-order valence-electron chi connectivity index (χ2n) is 5.89. The molecule has 0 amide bonds. The SMILES string of the molecule is CCS(=O)(=O)CCn1nc(C(C)(C)C)c2c(N)[nH]nc21. The maximum absolute atomic E-state index is 11.6. The van der Waals surface area contributed by atoms with Crippen molar-refractivity contribution >= 4 is 26.7 Å². The number of rotatable bonds is 4. The average molecular weight is 299 g/mol. The number of hydrogen-bond donors (Lipinski definition) is 2. The number of H-pyrrole nitrogens is 1. The first-order valence-electron chi connectivity index (χ1n) is 6.57. The average Bonchev–Trinajstić information content (AvgIpc) is 2.88. The second-order valence-corrected chi connectivity index (χ2v) is 8.37. The number of aryl methyl sites for hydroxylation is 1. The van der Waals surface area contributed by atoms with E-state index in [1.54, 1.807) is 11.6 Å². The third-order valence-corrected chi connectivity index (χ3v) is 4.93. The highest BCUT2D eigenvalue weighted by Crippen LogP contribution is 2.31. The number of nitrogens with zero attached hydrogens (tertiary/aromatic N) is 3. The fourth-order valence-electron chi connectivity index (χ4n) is 2.03. The molecular weight excluding hydrogens is 278 g/mol. The Morgan fingerprint density at radius 1 is 1.35 bits per heavy atom. The van der Waals surface area contributed by atoms with Crippen molar-refractivity contribution in [3.05, 3.63) is 5.69 Å². The van der Waals surface area contributed by atoms with E-state index in [4.69, 9.17) is 5.73 Å². The molecular formula is C12H21N5O2S. The van der Waals surface area contributed by atoms with Gasteiger partial charge in [0.25, 0.3) is 0 Å². The van der Waals surface area contributed by atoms with Crippen LogP contribution in [0.4, 0.5) is 5.82 Å². The van der Waals surface area contributed by atoms with Gasteiger partial charge >= 0.3 is 0 Å². The number of sulfone groups is 1. The van der Waals surface area contributed by atoms with Crippen molar-refractivity contribution in [1.29, 1.82) is 0 Å². The number of aromatic nitrogens is 4. The van der Waals surface area contributed by atoms with Gasteiger partial charge in [0.1, 0.15) is 5.82 Å². The first kappa shape index (κ1) is 14.8. The Morgan fingerprint density at radius 2 is 2.00 bits per heavy atom. The van der Waals surface area contributed by atoms with Gasteiger partial charge in [0, 0.05) is 11.2 Å². The van der Waals surface area contributed by atoms with Crippen LogP contribution in [0.25, 0.3) is 11.0 Å². The third-order valence-electron chi connectivity index (χ3n) is 3.24. The van der Waals surface area contributed by atoms with E-state index in [1.807, 2.05) is 20.8 Å². The van der Waals surface area contributed by atoms with Gasteiger partial charge in [-0.2, -0.15) is 10.2 Å². The molecule has 2 aromatic rings. The van der Waals surface area contributed by atoms with Gasteiger partial charge in [-0.1, -0.05) is 27.7 Å². The minimum atomic E-state index is -3.04. The van der Waals surface area contributed by atoms with Gasteiger partial charge < -0.3 is 5.73 Å². The number of nitrogen functional groups attached to an aromatic ring is 1. The Kier molecular flexibility index (Phi) is 3.53. The summed E-state index contributed by atoms with van der Waals surface area (Å²) in [4.78, 5) is 0. The topological polar surface area (TPSA) is 107 Å². The van der Waals surface area contributed by atoms with E-state index in [0.717, 1.165) is 11.1 Å². The van der Waals surface area contributed by atoms with E-state index in [2.05, 4.69) is 15.3 Å². The number of nitrogens with two attached hydrogens (primary N) is 1. The Morgan fingerprint density at radius 3 is 2.55 bits per heavy atom. The predicted molar refractivity (Wildman–Crippen MR) is 79.3 cm³/mol. The summed E-state index contributed by atoms with van der Waals surface area (Å²) in [5.41, 5.74) is 7.15. The fraction of sp³-hybridized carbons (Fsp3) is 0.667. The molecule has 2 rings (SSSR count). The molecule has 2 aromatic heterocycles. The van der Waals surface area contributed by atoms with Crippen molar-refractivity contribution in [3.63, 3.8) is 0 Å². The molecule has 0 saturated heterocycles. The summed E-state index contributed by atoms with van der Waals surface area (Å²) in [6.45, 7) is 8.03. The van der Waals surface area contributed by atoms with Crippen LogP contribution in [0.15, 0.2) is 0 Å². The number of hydrogen-bond acceptors (Lipinski definition) is 5. The first-order valence-corrected chi connectivity index (χ1v) is 8.39. The summed E-state index contributed by atoms with van der Waals surface area (Å²) < 4.78 is 24.9. The molecule has 112 valence electrons. The van der Waals surface area contributed by atoms with E-state index in [9.17, 15) is 8.42 Å². The minimum Gasteiger partial charge on any atom is -0.383 e. The summed E-state index contributed by atoms with van der Waals surface area (Å²) in [5, 5.41) is 12.2. The van der Waals surface area contributed by atoms with Crippen LogP contribution in [0.1, 0.15) is 33.4 Å². The molecule has 3 N–H and O–H groups in total. The van der Waals surface area contributed by atoms with Crippen LogP contribution in [0.2, 0.25) is 0 Å². The predicted octanol–water partition coefficient (Wildman–Crippen LogP) is 1.07. The van der Waals surface area contributed by atoms with Gasteiger partial charge in [-0.25, -0.2) is 13.1 Å². The van der Waals surface area contributed by atoms with Crippen LogP contribution in [0.3, 0.4) is 0 Å². The standard InChI is InChI=1S/C12H21N5O2S/c1-5-20(18,19)7-6-17-11-8(10(13)14-15-11)9(16-17)12(2,3)4/h5-7H2,1-4H3,(H3,13,14,15). The highest BCUT2D eigenvalue weighted by molar-refractivity contribution is 7.91. The number of aromatic amines is 1. The molecule has 8 heteroatoms. The molecule has 0 aliphatic carbocycles. The monoisotopic (exact) mass is 299 g/mol. The lowest BCUT2D eigenvalue weighted by atomic mass is 9.91. The third kappa shape index (κ3) is 2.65. The summed E-state index contributed by atoms with van der Waals surface area (Å²) in [7, 11) is -3.04. The summed E-state index contributed by atoms with van der Waals surface area (Å²) >= 11 is 0. The van der Waals surface area contributed by atoms with Crippen molar-refractivity contribution in [2.24, 2.45) is 0 Å². The Hall–Kier alpha value is -1.57. The van der Waals surface area contributed by atoms with E-state index >= 15 is 0 Å². The Balaban J connectivity index is 2.45. The zero-order valence-corrected chi connectivity index (χ0v) is 13.1. The fourth-order valence-corrected chi connectivity index (χ4v) is 2.77. The summed E-state index contributed by atoms with van der Waals surface area (Å²) in [6, 6.07) is 0. The number of anilines is 1. The summed E-state index contributed by atoms with van der Waals surface area (Å²) in [5.74, 6) is 0.651. The molecule has 20 heavy (non-hydrogen) atoms. The molecule has 0 spiro atoms.